The van der Waals surface area contributed by atoms with Crippen molar-refractivity contribution in [1.82, 2.24) is 15.2 Å². The molecule has 0 bridgehead atoms. The summed E-state index contributed by atoms with van der Waals surface area (Å²) in [5.74, 6) is -0.677. The number of pyridine rings is 1. The minimum atomic E-state index is -1.07. The van der Waals surface area contributed by atoms with Crippen molar-refractivity contribution in [1.29, 1.82) is 0 Å². The lowest BCUT2D eigenvalue weighted by atomic mass is 10.0. The fraction of sp³-hybridized carbons (Fsp3) is 0.296. The molecular weight excluding hydrogens is 417 g/mol. The monoisotopic (exact) mass is 445 g/mol. The number of nitrogens with zero attached hydrogens (tertiary/aromatic N) is 2. The summed E-state index contributed by atoms with van der Waals surface area (Å²) in [6.07, 6.45) is 2.04. The van der Waals surface area contributed by atoms with Crippen LogP contribution in [0.5, 0.6) is 0 Å². The smallest absolute Gasteiger partial charge is 0.252 e. The highest BCUT2D eigenvalue weighted by atomic mass is 19.1. The molecule has 3 aromatic rings. The van der Waals surface area contributed by atoms with Crippen LogP contribution in [0.15, 0.2) is 72.8 Å². The first-order valence-corrected chi connectivity index (χ1v) is 11.2. The van der Waals surface area contributed by atoms with Crippen LogP contribution >= 0.6 is 0 Å². The molecule has 1 aliphatic rings. The number of benzene rings is 2. The van der Waals surface area contributed by atoms with Crippen LogP contribution in [0.2, 0.25) is 0 Å². The maximum Gasteiger partial charge on any atom is 0.252 e. The van der Waals surface area contributed by atoms with E-state index in [1.807, 2.05) is 30.3 Å². The van der Waals surface area contributed by atoms with Crippen LogP contribution < -0.4 is 5.32 Å². The van der Waals surface area contributed by atoms with Gasteiger partial charge in [0, 0.05) is 24.2 Å². The Morgan fingerprint density at radius 3 is 2.52 bits per heavy atom. The van der Waals surface area contributed by atoms with E-state index in [9.17, 15) is 14.0 Å². The van der Waals surface area contributed by atoms with Gasteiger partial charge in [0.25, 0.3) is 5.91 Å². The van der Waals surface area contributed by atoms with Crippen LogP contribution in [0, 0.1) is 5.82 Å². The largest absolute Gasteiger partial charge is 0.338 e. The van der Waals surface area contributed by atoms with Crippen molar-refractivity contribution in [2.45, 2.75) is 44.7 Å². The number of aromatic nitrogens is 1. The predicted octanol–water partition coefficient (Wildman–Crippen LogP) is 4.68. The van der Waals surface area contributed by atoms with Crippen LogP contribution in [0.25, 0.3) is 0 Å². The maximum atomic E-state index is 14.1. The molecule has 5 nitrogen and oxygen atoms in total. The molecule has 4 rings (SSSR count). The van der Waals surface area contributed by atoms with E-state index in [0.717, 1.165) is 24.2 Å². The summed E-state index contributed by atoms with van der Waals surface area (Å²) < 4.78 is 14.1. The summed E-state index contributed by atoms with van der Waals surface area (Å²) in [4.78, 5) is 32.7. The van der Waals surface area contributed by atoms with Gasteiger partial charge in [-0.05, 0) is 62.6 Å². The second kappa shape index (κ2) is 9.53. The third-order valence-electron chi connectivity index (χ3n) is 6.01. The quantitative estimate of drug-likeness (QED) is 0.599. The number of hydrogen-bond donors (Lipinski definition) is 1. The van der Waals surface area contributed by atoms with E-state index >= 15 is 0 Å². The van der Waals surface area contributed by atoms with Gasteiger partial charge >= 0.3 is 0 Å². The van der Waals surface area contributed by atoms with Gasteiger partial charge < -0.3 is 10.2 Å². The minimum Gasteiger partial charge on any atom is -0.338 e. The van der Waals surface area contributed by atoms with E-state index in [-0.39, 0.29) is 23.7 Å². The van der Waals surface area contributed by atoms with E-state index in [1.54, 1.807) is 55.1 Å². The molecule has 1 N–H and O–H groups in total. The van der Waals surface area contributed by atoms with Gasteiger partial charge in [-0.1, -0.05) is 42.5 Å². The van der Waals surface area contributed by atoms with Crippen molar-refractivity contribution < 1.29 is 14.0 Å². The van der Waals surface area contributed by atoms with Crippen molar-refractivity contribution in [3.05, 3.63) is 101 Å². The Kier molecular flexibility index (Phi) is 6.54. The van der Waals surface area contributed by atoms with Crippen molar-refractivity contribution in [2.24, 2.45) is 0 Å². The fourth-order valence-electron chi connectivity index (χ4n) is 4.29. The van der Waals surface area contributed by atoms with Crippen LogP contribution in [0.3, 0.4) is 0 Å². The molecule has 170 valence electrons. The van der Waals surface area contributed by atoms with E-state index in [1.165, 1.54) is 6.07 Å². The standard InChI is InChI=1S/C27H28FN3O2/c1-27(2,30-25(32)19-10-4-3-5-11-19)26(33)31-17-9-16-24(31)23-15-8-13-21(29-23)18-20-12-6-7-14-22(20)28/h3-8,10-15,24H,9,16-18H2,1-2H3,(H,30,32). The molecule has 2 aromatic carbocycles. The molecule has 0 spiro atoms. The van der Waals surface area contributed by atoms with Gasteiger partial charge in [0.05, 0.1) is 11.7 Å². The molecule has 33 heavy (non-hydrogen) atoms. The van der Waals surface area contributed by atoms with Gasteiger partial charge in [-0.15, -0.1) is 0 Å². The van der Waals surface area contributed by atoms with Crippen LogP contribution in [0.1, 0.15) is 60.0 Å². The number of carbonyl (C=O) groups is 2. The number of rotatable bonds is 6. The molecule has 1 unspecified atom stereocenters. The Bertz CT molecular complexity index is 1150. The minimum absolute atomic E-state index is 0.143. The first-order chi connectivity index (χ1) is 15.8. The number of amides is 2. The summed E-state index contributed by atoms with van der Waals surface area (Å²) >= 11 is 0. The number of hydrogen-bond acceptors (Lipinski definition) is 3. The van der Waals surface area contributed by atoms with E-state index in [2.05, 4.69) is 5.32 Å². The molecule has 1 aliphatic heterocycles. The van der Waals surface area contributed by atoms with Gasteiger partial charge in [-0.3, -0.25) is 14.6 Å². The number of likely N-dealkylation sites (tertiary alicyclic amines) is 1. The molecule has 6 heteroatoms. The highest BCUT2D eigenvalue weighted by Crippen LogP contribution is 2.33. The van der Waals surface area contributed by atoms with Gasteiger partial charge in [-0.2, -0.15) is 0 Å². The van der Waals surface area contributed by atoms with E-state index in [4.69, 9.17) is 4.98 Å². The maximum absolute atomic E-state index is 14.1. The fourth-order valence-corrected chi connectivity index (χ4v) is 4.29. The summed E-state index contributed by atoms with van der Waals surface area (Å²) in [7, 11) is 0. The Hall–Kier alpha value is -3.54. The molecule has 2 amide bonds. The third-order valence-corrected chi connectivity index (χ3v) is 6.01. The Balaban J connectivity index is 1.51. The van der Waals surface area contributed by atoms with Gasteiger partial charge in [0.1, 0.15) is 11.4 Å². The van der Waals surface area contributed by atoms with E-state index < -0.39 is 5.54 Å². The summed E-state index contributed by atoms with van der Waals surface area (Å²) in [5, 5.41) is 2.88. The highest BCUT2D eigenvalue weighted by Gasteiger charge is 2.39. The predicted molar refractivity (Wildman–Crippen MR) is 125 cm³/mol. The lowest BCUT2D eigenvalue weighted by molar-refractivity contribution is -0.137. The first kappa shape index (κ1) is 22.6. The molecule has 1 atom stereocenters. The van der Waals surface area contributed by atoms with Crippen molar-refractivity contribution in [2.75, 3.05) is 6.54 Å². The number of carbonyl (C=O) groups excluding carboxylic acids is 2. The molecule has 0 saturated carbocycles. The second-order valence-corrected chi connectivity index (χ2v) is 8.92. The first-order valence-electron chi connectivity index (χ1n) is 11.2. The summed E-state index contributed by atoms with van der Waals surface area (Å²) in [5.41, 5.74) is 1.58. The highest BCUT2D eigenvalue weighted by molar-refractivity contribution is 5.99. The molecule has 1 saturated heterocycles. The Labute approximate surface area is 193 Å². The molecular formula is C27H28FN3O2. The summed E-state index contributed by atoms with van der Waals surface area (Å²) in [6, 6.07) is 21.1. The SMILES string of the molecule is CC(C)(NC(=O)c1ccccc1)C(=O)N1CCCC1c1cccc(Cc2ccccc2F)n1. The Morgan fingerprint density at radius 2 is 1.76 bits per heavy atom. The Morgan fingerprint density at radius 1 is 1.03 bits per heavy atom. The van der Waals surface area contributed by atoms with Crippen LogP contribution in [-0.4, -0.2) is 33.8 Å². The van der Waals surface area contributed by atoms with Crippen molar-refractivity contribution >= 4 is 11.8 Å². The summed E-state index contributed by atoms with van der Waals surface area (Å²) in [6.45, 7) is 4.06. The zero-order chi connectivity index (χ0) is 23.4. The zero-order valence-electron chi connectivity index (χ0n) is 18.9. The lowest BCUT2D eigenvalue weighted by Gasteiger charge is -2.33. The zero-order valence-corrected chi connectivity index (χ0v) is 18.9. The lowest BCUT2D eigenvalue weighted by Crippen LogP contribution is -2.55. The normalized spacial score (nSPS) is 16.0. The molecule has 2 heterocycles. The molecule has 0 aliphatic carbocycles. The topological polar surface area (TPSA) is 62.3 Å². The molecule has 1 fully saturated rings. The van der Waals surface area contributed by atoms with Gasteiger partial charge in [0.2, 0.25) is 5.91 Å². The average Bonchev–Trinajstić information content (AvgIpc) is 3.30. The van der Waals surface area contributed by atoms with Crippen LogP contribution in [-0.2, 0) is 11.2 Å². The average molecular weight is 446 g/mol. The van der Waals surface area contributed by atoms with Gasteiger partial charge in [0.15, 0.2) is 0 Å². The second-order valence-electron chi connectivity index (χ2n) is 8.92. The number of halogens is 1. The van der Waals surface area contributed by atoms with E-state index in [0.29, 0.717) is 24.1 Å². The van der Waals surface area contributed by atoms with Crippen molar-refractivity contribution in [3.63, 3.8) is 0 Å². The molecule has 1 aromatic heterocycles. The van der Waals surface area contributed by atoms with Gasteiger partial charge in [-0.25, -0.2) is 4.39 Å². The van der Waals surface area contributed by atoms with Crippen LogP contribution in [0.4, 0.5) is 4.39 Å². The molecule has 0 radical (unpaired) electrons. The third kappa shape index (κ3) is 5.11. The van der Waals surface area contributed by atoms with Crippen molar-refractivity contribution in [3.8, 4) is 0 Å². The number of nitrogens with one attached hydrogen (secondary N) is 1.